The minimum Gasteiger partial charge on any atom is -0.303 e. The molecule has 0 aliphatic heterocycles. The van der Waals surface area contributed by atoms with Crippen molar-refractivity contribution in [2.45, 2.75) is 13.3 Å². The van der Waals surface area contributed by atoms with Crippen LogP contribution < -0.4 is 0 Å². The minimum atomic E-state index is -0.394. The van der Waals surface area contributed by atoms with Gasteiger partial charge in [-0.25, -0.2) is 0 Å². The molecule has 0 fully saturated rings. The van der Waals surface area contributed by atoms with Crippen LogP contribution in [0.5, 0.6) is 0 Å². The molecule has 0 rings (SSSR count). The van der Waals surface area contributed by atoms with Crippen LogP contribution in [0.1, 0.15) is 13.3 Å². The molecule has 66 valence electrons. The van der Waals surface area contributed by atoms with Crippen LogP contribution in [0.2, 0.25) is 0 Å². The summed E-state index contributed by atoms with van der Waals surface area (Å²) in [6.07, 6.45) is 4.09. The lowest BCUT2D eigenvalue weighted by atomic mass is 10.4. The van der Waals surface area contributed by atoms with E-state index in [1.807, 2.05) is 0 Å². The van der Waals surface area contributed by atoms with Gasteiger partial charge in [-0.2, -0.15) is 0 Å². The van der Waals surface area contributed by atoms with Crippen LogP contribution >= 0.6 is 0 Å². The molecule has 4 nitrogen and oxygen atoms in total. The molecule has 0 spiro atoms. The normalized spacial score (nSPS) is 9.75. The number of hydrogen-bond donors (Lipinski definition) is 0. The summed E-state index contributed by atoms with van der Waals surface area (Å²) >= 11 is 0. The molecule has 2 amide bonds. The summed E-state index contributed by atoms with van der Waals surface area (Å²) in [6.45, 7) is 1.83. The molecule has 0 bridgehead atoms. The molecule has 0 N–H and O–H groups in total. The molecule has 0 saturated carbocycles. The zero-order valence-corrected chi connectivity index (χ0v) is 6.90. The summed E-state index contributed by atoms with van der Waals surface area (Å²) in [5.41, 5.74) is 0. The summed E-state index contributed by atoms with van der Waals surface area (Å²) in [5.74, 6) is -0.394. The first kappa shape index (κ1) is 10.6. The van der Waals surface area contributed by atoms with E-state index in [0.29, 0.717) is 12.7 Å². The Hall–Kier alpha value is -1.45. The molecule has 4 heteroatoms. The van der Waals surface area contributed by atoms with E-state index in [2.05, 4.69) is 0 Å². The van der Waals surface area contributed by atoms with Crippen LogP contribution in [-0.2, 0) is 14.4 Å². The number of carbonyl (C=O) groups is 3. The highest BCUT2D eigenvalue weighted by atomic mass is 16.2. The van der Waals surface area contributed by atoms with Gasteiger partial charge in [0.25, 0.3) is 5.91 Å². The molecule has 0 atom stereocenters. The monoisotopic (exact) mass is 169 g/mol. The van der Waals surface area contributed by atoms with Crippen molar-refractivity contribution in [1.29, 1.82) is 0 Å². The molecule has 0 unspecified atom stereocenters. The van der Waals surface area contributed by atoms with Crippen LogP contribution in [0, 0.1) is 0 Å². The summed E-state index contributed by atoms with van der Waals surface area (Å²) in [4.78, 5) is 32.1. The summed E-state index contributed by atoms with van der Waals surface area (Å²) in [5, 5.41) is 0. The van der Waals surface area contributed by atoms with Crippen LogP contribution in [0.3, 0.4) is 0 Å². The molecule has 12 heavy (non-hydrogen) atoms. The van der Waals surface area contributed by atoms with Gasteiger partial charge in [-0.15, -0.1) is 0 Å². The van der Waals surface area contributed by atoms with E-state index in [-0.39, 0.29) is 13.0 Å². The first-order valence-electron chi connectivity index (χ1n) is 3.58. The Morgan fingerprint density at radius 2 is 2.08 bits per heavy atom. The average molecular weight is 169 g/mol. The standard InChI is InChI=1S/C8H11NO3/c1-2-4-8(12)9(7-11)5-3-6-10/h2,4,6-7H,3,5H2,1H3/b4-2-. The highest BCUT2D eigenvalue weighted by molar-refractivity contribution is 5.94. The number of nitrogens with zero attached hydrogens (tertiary/aromatic N) is 1. The Balaban J connectivity index is 4.04. The Labute approximate surface area is 70.8 Å². The highest BCUT2D eigenvalue weighted by Gasteiger charge is 2.06. The molecule has 0 saturated heterocycles. The fourth-order valence-corrected chi connectivity index (χ4v) is 0.645. The Kier molecular flexibility index (Phi) is 5.51. The summed E-state index contributed by atoms with van der Waals surface area (Å²) in [7, 11) is 0. The first-order chi connectivity index (χ1) is 5.76. The van der Waals surface area contributed by atoms with E-state index in [9.17, 15) is 14.4 Å². The molecule has 0 aromatic carbocycles. The summed E-state index contributed by atoms with van der Waals surface area (Å²) in [6, 6.07) is 0. The Morgan fingerprint density at radius 1 is 1.42 bits per heavy atom. The van der Waals surface area contributed by atoms with Crippen molar-refractivity contribution in [2.24, 2.45) is 0 Å². The van der Waals surface area contributed by atoms with Crippen molar-refractivity contribution in [3.63, 3.8) is 0 Å². The molecule has 0 heterocycles. The molecule has 0 aliphatic rings. The van der Waals surface area contributed by atoms with Gasteiger partial charge in [-0.3, -0.25) is 14.5 Å². The third-order valence-corrected chi connectivity index (χ3v) is 1.21. The molecule has 0 aliphatic carbocycles. The van der Waals surface area contributed by atoms with Gasteiger partial charge in [-0.1, -0.05) is 6.08 Å². The Morgan fingerprint density at radius 3 is 2.50 bits per heavy atom. The van der Waals surface area contributed by atoms with Crippen molar-refractivity contribution in [3.8, 4) is 0 Å². The maximum atomic E-state index is 11.0. The first-order valence-corrected chi connectivity index (χ1v) is 3.58. The lowest BCUT2D eigenvalue weighted by Gasteiger charge is -2.10. The van der Waals surface area contributed by atoms with Crippen molar-refractivity contribution in [1.82, 2.24) is 4.90 Å². The maximum absolute atomic E-state index is 11.0. The maximum Gasteiger partial charge on any atom is 0.252 e. The number of amides is 2. The number of rotatable bonds is 5. The van der Waals surface area contributed by atoms with Crippen LogP contribution in [0.4, 0.5) is 0 Å². The SMILES string of the molecule is C/C=C\C(=O)N(C=O)CCC=O. The zero-order valence-electron chi connectivity index (χ0n) is 6.90. The van der Waals surface area contributed by atoms with E-state index in [0.717, 1.165) is 4.90 Å². The van der Waals surface area contributed by atoms with Gasteiger partial charge in [0.15, 0.2) is 0 Å². The van der Waals surface area contributed by atoms with Gasteiger partial charge < -0.3 is 4.79 Å². The topological polar surface area (TPSA) is 54.5 Å². The minimum absolute atomic E-state index is 0.149. The molecule has 0 aromatic rings. The summed E-state index contributed by atoms with van der Waals surface area (Å²) < 4.78 is 0. The number of allylic oxidation sites excluding steroid dienone is 1. The van der Waals surface area contributed by atoms with Gasteiger partial charge in [-0.05, 0) is 13.0 Å². The van der Waals surface area contributed by atoms with Crippen molar-refractivity contribution in [3.05, 3.63) is 12.2 Å². The van der Waals surface area contributed by atoms with E-state index >= 15 is 0 Å². The fraction of sp³-hybridized carbons (Fsp3) is 0.375. The average Bonchev–Trinajstić information content (AvgIpc) is 2.06. The van der Waals surface area contributed by atoms with Gasteiger partial charge in [0, 0.05) is 13.0 Å². The fourth-order valence-electron chi connectivity index (χ4n) is 0.645. The quantitative estimate of drug-likeness (QED) is 0.434. The number of hydrogen-bond acceptors (Lipinski definition) is 3. The predicted octanol–water partition coefficient (Wildman–Crippen LogP) is 0.137. The third-order valence-electron chi connectivity index (χ3n) is 1.21. The highest BCUT2D eigenvalue weighted by Crippen LogP contribution is 1.89. The van der Waals surface area contributed by atoms with Crippen molar-refractivity contribution >= 4 is 18.6 Å². The second kappa shape index (κ2) is 6.27. The zero-order chi connectivity index (χ0) is 9.40. The van der Waals surface area contributed by atoms with Gasteiger partial charge in [0.1, 0.15) is 6.29 Å². The Bertz CT molecular complexity index is 198. The largest absolute Gasteiger partial charge is 0.303 e. The molecular weight excluding hydrogens is 158 g/mol. The second-order valence-electron chi connectivity index (χ2n) is 2.09. The number of aldehydes is 1. The van der Waals surface area contributed by atoms with Crippen molar-refractivity contribution in [2.75, 3.05) is 6.54 Å². The van der Waals surface area contributed by atoms with Gasteiger partial charge in [0.2, 0.25) is 6.41 Å². The number of carbonyl (C=O) groups excluding carboxylic acids is 3. The van der Waals surface area contributed by atoms with E-state index in [1.54, 1.807) is 13.0 Å². The predicted molar refractivity (Wildman–Crippen MR) is 43.3 cm³/mol. The smallest absolute Gasteiger partial charge is 0.252 e. The third kappa shape index (κ3) is 3.65. The van der Waals surface area contributed by atoms with E-state index in [4.69, 9.17) is 0 Å². The lowest BCUT2D eigenvalue weighted by Crippen LogP contribution is -2.29. The van der Waals surface area contributed by atoms with Crippen LogP contribution in [0.25, 0.3) is 0 Å². The second-order valence-corrected chi connectivity index (χ2v) is 2.09. The lowest BCUT2D eigenvalue weighted by molar-refractivity contribution is -0.134. The molecule has 0 aromatic heterocycles. The molecule has 0 radical (unpaired) electrons. The number of imide groups is 1. The van der Waals surface area contributed by atoms with Crippen molar-refractivity contribution < 1.29 is 14.4 Å². The van der Waals surface area contributed by atoms with E-state index < -0.39 is 5.91 Å². The van der Waals surface area contributed by atoms with Crippen LogP contribution in [0.15, 0.2) is 12.2 Å². The van der Waals surface area contributed by atoms with Crippen LogP contribution in [-0.4, -0.2) is 30.0 Å². The van der Waals surface area contributed by atoms with E-state index in [1.165, 1.54) is 6.08 Å². The van der Waals surface area contributed by atoms with Gasteiger partial charge >= 0.3 is 0 Å². The molecular formula is C8H11NO3. The van der Waals surface area contributed by atoms with Gasteiger partial charge in [0.05, 0.1) is 0 Å².